The van der Waals surface area contributed by atoms with Gasteiger partial charge in [-0.2, -0.15) is 0 Å². The van der Waals surface area contributed by atoms with Crippen LogP contribution < -0.4 is 10.2 Å². The molecule has 0 radical (unpaired) electrons. The SMILES string of the molecule is Cc1nc(N2CCCCC2)ncc1C(=O)NCc1ccc(F)cc1. The van der Waals surface area contributed by atoms with E-state index in [9.17, 15) is 9.18 Å². The fourth-order valence-corrected chi connectivity index (χ4v) is 2.80. The molecule has 1 aromatic heterocycles. The maximum Gasteiger partial charge on any atom is 0.254 e. The first-order valence-electron chi connectivity index (χ1n) is 8.25. The lowest BCUT2D eigenvalue weighted by Crippen LogP contribution is -2.31. The van der Waals surface area contributed by atoms with E-state index in [-0.39, 0.29) is 11.7 Å². The Morgan fingerprint density at radius 3 is 2.58 bits per heavy atom. The molecule has 24 heavy (non-hydrogen) atoms. The van der Waals surface area contributed by atoms with Crippen LogP contribution in [0.15, 0.2) is 30.5 Å². The van der Waals surface area contributed by atoms with Gasteiger partial charge in [0, 0.05) is 25.8 Å². The van der Waals surface area contributed by atoms with E-state index >= 15 is 0 Å². The largest absolute Gasteiger partial charge is 0.348 e. The Morgan fingerprint density at radius 2 is 1.92 bits per heavy atom. The summed E-state index contributed by atoms with van der Waals surface area (Å²) in [6, 6.07) is 6.06. The smallest absolute Gasteiger partial charge is 0.254 e. The molecule has 1 aliphatic rings. The summed E-state index contributed by atoms with van der Waals surface area (Å²) in [5.41, 5.74) is 1.98. The van der Waals surface area contributed by atoms with Gasteiger partial charge in [-0.25, -0.2) is 14.4 Å². The molecule has 0 spiro atoms. The fourth-order valence-electron chi connectivity index (χ4n) is 2.80. The molecule has 2 aromatic rings. The van der Waals surface area contributed by atoms with E-state index in [0.29, 0.717) is 23.8 Å². The van der Waals surface area contributed by atoms with Crippen LogP contribution in [0.4, 0.5) is 10.3 Å². The first-order valence-corrected chi connectivity index (χ1v) is 8.25. The second kappa shape index (κ2) is 7.38. The molecule has 0 bridgehead atoms. The zero-order chi connectivity index (χ0) is 16.9. The van der Waals surface area contributed by atoms with Crippen molar-refractivity contribution >= 4 is 11.9 Å². The highest BCUT2D eigenvalue weighted by Gasteiger charge is 2.16. The number of carbonyl (C=O) groups is 1. The summed E-state index contributed by atoms with van der Waals surface area (Å²) in [6.45, 7) is 4.10. The highest BCUT2D eigenvalue weighted by Crippen LogP contribution is 2.17. The van der Waals surface area contributed by atoms with E-state index in [1.165, 1.54) is 18.6 Å². The number of benzene rings is 1. The molecule has 0 aliphatic carbocycles. The number of hydrogen-bond acceptors (Lipinski definition) is 4. The van der Waals surface area contributed by atoms with Gasteiger partial charge >= 0.3 is 0 Å². The van der Waals surface area contributed by atoms with Crippen molar-refractivity contribution in [2.24, 2.45) is 0 Å². The third-order valence-corrected chi connectivity index (χ3v) is 4.22. The molecule has 5 nitrogen and oxygen atoms in total. The summed E-state index contributed by atoms with van der Waals surface area (Å²) >= 11 is 0. The second-order valence-electron chi connectivity index (χ2n) is 6.03. The molecular weight excluding hydrogens is 307 g/mol. The summed E-state index contributed by atoms with van der Waals surface area (Å²) in [6.07, 6.45) is 5.15. The second-order valence-corrected chi connectivity index (χ2v) is 6.03. The van der Waals surface area contributed by atoms with Crippen LogP contribution in [0.1, 0.15) is 40.9 Å². The molecule has 1 fully saturated rings. The summed E-state index contributed by atoms with van der Waals surface area (Å²) in [4.78, 5) is 23.3. The van der Waals surface area contributed by atoms with Gasteiger partial charge in [0.05, 0.1) is 11.3 Å². The fraction of sp³-hybridized carbons (Fsp3) is 0.389. The molecular formula is C18H21FN4O. The van der Waals surface area contributed by atoms with Crippen LogP contribution in [0.3, 0.4) is 0 Å². The van der Waals surface area contributed by atoms with Gasteiger partial charge in [0.25, 0.3) is 5.91 Å². The number of rotatable bonds is 4. The average molecular weight is 328 g/mol. The minimum absolute atomic E-state index is 0.220. The molecule has 1 aliphatic heterocycles. The Kier molecular flexibility index (Phi) is 5.03. The monoisotopic (exact) mass is 328 g/mol. The zero-order valence-corrected chi connectivity index (χ0v) is 13.8. The van der Waals surface area contributed by atoms with Gasteiger partial charge in [-0.1, -0.05) is 12.1 Å². The Balaban J connectivity index is 1.65. The molecule has 1 aromatic carbocycles. The summed E-state index contributed by atoms with van der Waals surface area (Å²) in [7, 11) is 0. The first kappa shape index (κ1) is 16.4. The summed E-state index contributed by atoms with van der Waals surface area (Å²) in [5, 5.41) is 2.82. The van der Waals surface area contributed by atoms with Crippen LogP contribution in [-0.2, 0) is 6.54 Å². The van der Waals surface area contributed by atoms with Gasteiger partial charge in [0.2, 0.25) is 5.95 Å². The maximum atomic E-state index is 12.9. The Hall–Kier alpha value is -2.50. The van der Waals surface area contributed by atoms with E-state index in [2.05, 4.69) is 20.2 Å². The van der Waals surface area contributed by atoms with Crippen LogP contribution in [0.5, 0.6) is 0 Å². The first-order chi connectivity index (χ1) is 11.6. The molecule has 0 atom stereocenters. The van der Waals surface area contributed by atoms with E-state index in [4.69, 9.17) is 0 Å². The summed E-state index contributed by atoms with van der Waals surface area (Å²) in [5.74, 6) is 0.187. The lowest BCUT2D eigenvalue weighted by Gasteiger charge is -2.26. The van der Waals surface area contributed by atoms with Crippen LogP contribution >= 0.6 is 0 Å². The normalized spacial score (nSPS) is 14.5. The number of nitrogens with one attached hydrogen (secondary N) is 1. The Morgan fingerprint density at radius 1 is 1.21 bits per heavy atom. The van der Waals surface area contributed by atoms with Crippen molar-refractivity contribution in [2.45, 2.75) is 32.7 Å². The quantitative estimate of drug-likeness (QED) is 0.937. The number of carbonyl (C=O) groups excluding carboxylic acids is 1. The number of amides is 1. The third kappa shape index (κ3) is 3.88. The topological polar surface area (TPSA) is 58.1 Å². The van der Waals surface area contributed by atoms with E-state index in [0.717, 1.165) is 31.5 Å². The molecule has 3 rings (SSSR count). The van der Waals surface area contributed by atoms with Crippen molar-refractivity contribution in [3.8, 4) is 0 Å². The minimum Gasteiger partial charge on any atom is -0.348 e. The predicted molar refractivity (Wildman–Crippen MR) is 90.4 cm³/mol. The van der Waals surface area contributed by atoms with Gasteiger partial charge in [-0.3, -0.25) is 4.79 Å². The van der Waals surface area contributed by atoms with Gasteiger partial charge in [0.15, 0.2) is 0 Å². The number of nitrogens with zero attached hydrogens (tertiary/aromatic N) is 3. The van der Waals surface area contributed by atoms with Crippen molar-refractivity contribution in [3.05, 3.63) is 53.1 Å². The number of aromatic nitrogens is 2. The maximum absolute atomic E-state index is 12.9. The molecule has 126 valence electrons. The Labute approximate surface area is 140 Å². The predicted octanol–water partition coefficient (Wildman–Crippen LogP) is 2.84. The van der Waals surface area contributed by atoms with Crippen molar-refractivity contribution in [1.29, 1.82) is 0 Å². The van der Waals surface area contributed by atoms with Crippen LogP contribution in [0, 0.1) is 12.7 Å². The van der Waals surface area contributed by atoms with Crippen LogP contribution in [-0.4, -0.2) is 29.0 Å². The van der Waals surface area contributed by atoms with E-state index in [1.54, 1.807) is 18.3 Å². The minimum atomic E-state index is -0.289. The molecule has 1 amide bonds. The lowest BCUT2D eigenvalue weighted by atomic mass is 10.1. The number of hydrogen-bond donors (Lipinski definition) is 1. The van der Waals surface area contributed by atoms with Crippen LogP contribution in [0.25, 0.3) is 0 Å². The van der Waals surface area contributed by atoms with Gasteiger partial charge < -0.3 is 10.2 Å². The number of piperidine rings is 1. The summed E-state index contributed by atoms with van der Waals surface area (Å²) < 4.78 is 12.9. The molecule has 0 unspecified atom stereocenters. The van der Waals surface area contributed by atoms with Crippen LogP contribution in [0.2, 0.25) is 0 Å². The van der Waals surface area contributed by atoms with Crippen molar-refractivity contribution < 1.29 is 9.18 Å². The van der Waals surface area contributed by atoms with Crippen molar-refractivity contribution in [2.75, 3.05) is 18.0 Å². The average Bonchev–Trinajstić information content (AvgIpc) is 2.61. The molecule has 2 heterocycles. The van der Waals surface area contributed by atoms with Gasteiger partial charge in [-0.15, -0.1) is 0 Å². The molecule has 1 N–H and O–H groups in total. The van der Waals surface area contributed by atoms with Crippen molar-refractivity contribution in [1.82, 2.24) is 15.3 Å². The van der Waals surface area contributed by atoms with Gasteiger partial charge in [0.1, 0.15) is 5.82 Å². The highest BCUT2D eigenvalue weighted by molar-refractivity contribution is 5.94. The zero-order valence-electron chi connectivity index (χ0n) is 13.8. The molecule has 0 saturated carbocycles. The van der Waals surface area contributed by atoms with Crippen molar-refractivity contribution in [3.63, 3.8) is 0 Å². The lowest BCUT2D eigenvalue weighted by molar-refractivity contribution is 0.0949. The van der Waals surface area contributed by atoms with E-state index < -0.39 is 0 Å². The van der Waals surface area contributed by atoms with E-state index in [1.807, 2.05) is 6.92 Å². The Bertz CT molecular complexity index is 711. The third-order valence-electron chi connectivity index (χ3n) is 4.22. The standard InChI is InChI=1S/C18H21FN4O/c1-13-16(12-21-18(22-13)23-9-3-2-4-10-23)17(24)20-11-14-5-7-15(19)8-6-14/h5-8,12H,2-4,9-11H2,1H3,(H,20,24). The van der Waals surface area contributed by atoms with Gasteiger partial charge in [-0.05, 0) is 43.9 Å². The highest BCUT2D eigenvalue weighted by atomic mass is 19.1. The molecule has 6 heteroatoms. The number of aryl methyl sites for hydroxylation is 1. The molecule has 1 saturated heterocycles. The number of halogens is 1. The number of anilines is 1.